The highest BCUT2D eigenvalue weighted by Gasteiger charge is 2.14. The van der Waals surface area contributed by atoms with Crippen molar-refractivity contribution in [1.29, 1.82) is 0 Å². The number of halogens is 1. The van der Waals surface area contributed by atoms with Gasteiger partial charge in [0.25, 0.3) is 5.91 Å². The number of amides is 1. The molecule has 1 heterocycles. The van der Waals surface area contributed by atoms with E-state index in [2.05, 4.69) is 33.4 Å². The zero-order valence-electron chi connectivity index (χ0n) is 12.1. The first-order chi connectivity index (χ1) is 11.2. The number of hydrogen-bond donors (Lipinski definition) is 1. The van der Waals surface area contributed by atoms with E-state index in [1.807, 2.05) is 36.4 Å². The van der Waals surface area contributed by atoms with Crippen molar-refractivity contribution in [2.45, 2.75) is 9.79 Å². The van der Waals surface area contributed by atoms with Gasteiger partial charge in [-0.1, -0.05) is 27.7 Å². The van der Waals surface area contributed by atoms with Crippen LogP contribution in [0.3, 0.4) is 0 Å². The molecule has 0 radical (unpaired) electrons. The lowest BCUT2D eigenvalue weighted by molar-refractivity contribution is -0.117. The normalized spacial score (nSPS) is 13.5. The maximum Gasteiger partial charge on any atom is 0.294 e. The predicted molar refractivity (Wildman–Crippen MR) is 93.3 cm³/mol. The first-order valence-corrected chi connectivity index (χ1v) is 8.61. The van der Waals surface area contributed by atoms with E-state index >= 15 is 0 Å². The number of hydrogen-bond acceptors (Lipinski definition) is 4. The van der Waals surface area contributed by atoms with E-state index in [0.29, 0.717) is 18.9 Å². The molecule has 23 heavy (non-hydrogen) atoms. The molecule has 1 aliphatic rings. The summed E-state index contributed by atoms with van der Waals surface area (Å²) in [5.74, 6) is -0.109. The van der Waals surface area contributed by atoms with Crippen LogP contribution in [0, 0.1) is 0 Å². The summed E-state index contributed by atoms with van der Waals surface area (Å²) in [6.45, 7) is 0.862. The Balaban J connectivity index is 1.61. The Bertz CT molecular complexity index is 714. The predicted octanol–water partition coefficient (Wildman–Crippen LogP) is 4.43. The molecule has 0 saturated heterocycles. The van der Waals surface area contributed by atoms with E-state index in [-0.39, 0.29) is 11.7 Å². The molecule has 2 aromatic carbocycles. The van der Waals surface area contributed by atoms with E-state index in [0.717, 1.165) is 14.3 Å². The third-order valence-corrected chi connectivity index (χ3v) is 4.58. The van der Waals surface area contributed by atoms with E-state index < -0.39 is 0 Å². The molecular weight excluding hydrogens is 378 g/mol. The van der Waals surface area contributed by atoms with Crippen LogP contribution >= 0.6 is 27.7 Å². The Labute approximate surface area is 147 Å². The molecule has 0 saturated carbocycles. The molecule has 0 bridgehead atoms. The van der Waals surface area contributed by atoms with Gasteiger partial charge in [-0.2, -0.15) is 0 Å². The summed E-state index contributed by atoms with van der Waals surface area (Å²) in [5, 5.41) is 2.78. The fourth-order valence-corrected chi connectivity index (χ4v) is 3.01. The van der Waals surface area contributed by atoms with Crippen LogP contribution in [0.15, 0.2) is 74.8 Å². The molecule has 1 amide bonds. The molecule has 2 aromatic rings. The topological polar surface area (TPSA) is 47.6 Å². The van der Waals surface area contributed by atoms with Gasteiger partial charge in [0.15, 0.2) is 0 Å². The number of carbonyl (C=O) groups excluding carboxylic acids is 1. The maximum atomic E-state index is 12.0. The summed E-state index contributed by atoms with van der Waals surface area (Å²) in [5.41, 5.74) is 0.713. The van der Waals surface area contributed by atoms with Crippen LogP contribution in [0.5, 0.6) is 0 Å². The van der Waals surface area contributed by atoms with Gasteiger partial charge in [0.1, 0.15) is 19.5 Å². The van der Waals surface area contributed by atoms with Gasteiger partial charge >= 0.3 is 0 Å². The van der Waals surface area contributed by atoms with Gasteiger partial charge in [-0.15, -0.1) is 0 Å². The van der Waals surface area contributed by atoms with Crippen LogP contribution in [-0.4, -0.2) is 19.1 Å². The van der Waals surface area contributed by atoms with Gasteiger partial charge in [-0.3, -0.25) is 4.79 Å². The van der Waals surface area contributed by atoms with Crippen molar-refractivity contribution in [3.8, 4) is 0 Å². The molecule has 118 valence electrons. The molecule has 0 atom stereocenters. The van der Waals surface area contributed by atoms with Crippen molar-refractivity contribution in [2.75, 3.05) is 18.5 Å². The monoisotopic (exact) mass is 391 g/mol. The molecule has 4 nitrogen and oxygen atoms in total. The van der Waals surface area contributed by atoms with Crippen LogP contribution in [-0.2, 0) is 14.3 Å². The zero-order valence-corrected chi connectivity index (χ0v) is 14.5. The van der Waals surface area contributed by atoms with Crippen LogP contribution in [0.1, 0.15) is 0 Å². The van der Waals surface area contributed by atoms with Crippen LogP contribution in [0.25, 0.3) is 0 Å². The van der Waals surface area contributed by atoms with Crippen molar-refractivity contribution in [1.82, 2.24) is 0 Å². The largest absolute Gasteiger partial charge is 0.494 e. The first kappa shape index (κ1) is 16.0. The van der Waals surface area contributed by atoms with Crippen LogP contribution < -0.4 is 5.32 Å². The fraction of sp³-hybridized carbons (Fsp3) is 0.118. The highest BCUT2D eigenvalue weighted by atomic mass is 79.9. The molecule has 0 unspecified atom stereocenters. The second-order valence-corrected chi connectivity index (χ2v) is 6.80. The Morgan fingerprint density at radius 3 is 2.26 bits per heavy atom. The number of nitrogens with one attached hydrogen (secondary N) is 1. The minimum Gasteiger partial charge on any atom is -0.494 e. The molecule has 0 fully saturated rings. The lowest BCUT2D eigenvalue weighted by atomic mass is 10.3. The maximum absolute atomic E-state index is 12.0. The van der Waals surface area contributed by atoms with Crippen LogP contribution in [0.2, 0.25) is 0 Å². The number of anilines is 1. The molecule has 0 spiro atoms. The zero-order chi connectivity index (χ0) is 16.1. The number of ether oxygens (including phenoxy) is 2. The van der Waals surface area contributed by atoms with Gasteiger partial charge in [0.05, 0.1) is 0 Å². The molecule has 0 aliphatic carbocycles. The smallest absolute Gasteiger partial charge is 0.294 e. The fourth-order valence-electron chi connectivity index (χ4n) is 1.93. The van der Waals surface area contributed by atoms with Crippen molar-refractivity contribution < 1.29 is 14.3 Å². The number of benzene rings is 2. The minimum atomic E-state index is -0.307. The molecule has 1 N–H and O–H groups in total. The summed E-state index contributed by atoms with van der Waals surface area (Å²) < 4.78 is 11.4. The lowest BCUT2D eigenvalue weighted by Gasteiger charge is -2.15. The second kappa shape index (κ2) is 7.57. The summed E-state index contributed by atoms with van der Waals surface area (Å²) in [6.07, 6.45) is 1.34. The summed E-state index contributed by atoms with van der Waals surface area (Å²) in [6, 6.07) is 15.8. The van der Waals surface area contributed by atoms with Gasteiger partial charge in [-0.05, 0) is 48.5 Å². The lowest BCUT2D eigenvalue weighted by Crippen LogP contribution is -2.21. The minimum absolute atomic E-state index is 0.199. The second-order valence-electron chi connectivity index (χ2n) is 4.74. The van der Waals surface area contributed by atoms with E-state index in [1.54, 1.807) is 11.8 Å². The SMILES string of the molecule is O=C(Nc1ccc(Sc2ccc(Br)cc2)cc1)C1=COCCO1. The van der Waals surface area contributed by atoms with E-state index in [1.165, 1.54) is 6.26 Å². The average molecular weight is 392 g/mol. The third-order valence-electron chi connectivity index (χ3n) is 3.03. The highest BCUT2D eigenvalue weighted by Crippen LogP contribution is 2.29. The first-order valence-electron chi connectivity index (χ1n) is 7.00. The van der Waals surface area contributed by atoms with Crippen molar-refractivity contribution in [3.05, 3.63) is 65.0 Å². The van der Waals surface area contributed by atoms with E-state index in [9.17, 15) is 4.79 Å². The van der Waals surface area contributed by atoms with Crippen molar-refractivity contribution in [2.24, 2.45) is 0 Å². The quantitative estimate of drug-likeness (QED) is 0.837. The average Bonchev–Trinajstić information content (AvgIpc) is 2.59. The van der Waals surface area contributed by atoms with Crippen LogP contribution in [0.4, 0.5) is 5.69 Å². The summed E-state index contributed by atoms with van der Waals surface area (Å²) >= 11 is 5.09. The van der Waals surface area contributed by atoms with Gasteiger partial charge < -0.3 is 14.8 Å². The molecule has 1 aliphatic heterocycles. The van der Waals surface area contributed by atoms with Crippen molar-refractivity contribution >= 4 is 39.3 Å². The molecular formula is C17H14BrNO3S. The molecule has 0 aromatic heterocycles. The summed E-state index contributed by atoms with van der Waals surface area (Å²) in [4.78, 5) is 14.2. The molecule has 6 heteroatoms. The standard InChI is InChI=1S/C17H14BrNO3S/c18-12-1-5-14(6-2-12)23-15-7-3-13(4-8-15)19-17(20)16-11-21-9-10-22-16/h1-8,11H,9-10H2,(H,19,20). The number of carbonyl (C=O) groups is 1. The van der Waals surface area contributed by atoms with Crippen molar-refractivity contribution in [3.63, 3.8) is 0 Å². The summed E-state index contributed by atoms with van der Waals surface area (Å²) in [7, 11) is 0. The Morgan fingerprint density at radius 1 is 1.00 bits per heavy atom. The van der Waals surface area contributed by atoms with E-state index in [4.69, 9.17) is 9.47 Å². The highest BCUT2D eigenvalue weighted by molar-refractivity contribution is 9.10. The van der Waals surface area contributed by atoms with Gasteiger partial charge in [-0.25, -0.2) is 0 Å². The Morgan fingerprint density at radius 2 is 1.65 bits per heavy atom. The Hall–Kier alpha value is -1.92. The third kappa shape index (κ3) is 4.53. The molecule has 3 rings (SSSR count). The van der Waals surface area contributed by atoms with Gasteiger partial charge in [0.2, 0.25) is 5.76 Å². The van der Waals surface area contributed by atoms with Gasteiger partial charge in [0, 0.05) is 20.0 Å². The Kier molecular flexibility index (Phi) is 5.25. The number of rotatable bonds is 4.